The van der Waals surface area contributed by atoms with Crippen LogP contribution in [0.4, 0.5) is 5.69 Å². The van der Waals surface area contributed by atoms with Gasteiger partial charge in [0.1, 0.15) is 0 Å². The Morgan fingerprint density at radius 3 is 2.30 bits per heavy atom. The minimum absolute atomic E-state index is 0. The average Bonchev–Trinajstić information content (AvgIpc) is 2.62. The Balaban J connectivity index is 0.00000131. The highest BCUT2D eigenvalue weighted by atomic mass is 35.5. The van der Waals surface area contributed by atoms with Crippen LogP contribution in [0.5, 0.6) is 0 Å². The Kier molecular flexibility index (Phi) is 8.19. The summed E-state index contributed by atoms with van der Waals surface area (Å²) in [5.41, 5.74) is 3.74. The summed E-state index contributed by atoms with van der Waals surface area (Å²) in [7, 11) is 0. The molecule has 27 heavy (non-hydrogen) atoms. The molecular formula is C20H34Cl2N4O. The summed E-state index contributed by atoms with van der Waals surface area (Å²) < 4.78 is 6.26. The van der Waals surface area contributed by atoms with Gasteiger partial charge in [0.2, 0.25) is 0 Å². The molecule has 7 heteroatoms. The molecule has 3 aliphatic rings. The van der Waals surface area contributed by atoms with Gasteiger partial charge in [-0.2, -0.15) is 0 Å². The number of halogens is 2. The molecule has 1 spiro atoms. The lowest BCUT2D eigenvalue weighted by atomic mass is 9.82. The minimum Gasteiger partial charge on any atom is -0.375 e. The van der Waals surface area contributed by atoms with Crippen LogP contribution < -0.4 is 10.2 Å². The van der Waals surface area contributed by atoms with Gasteiger partial charge >= 0.3 is 0 Å². The van der Waals surface area contributed by atoms with Gasteiger partial charge in [0.25, 0.3) is 0 Å². The number of aryl methyl sites for hydroxylation is 2. The number of piperazine rings is 1. The molecular weight excluding hydrogens is 383 g/mol. The van der Waals surface area contributed by atoms with E-state index in [1.54, 1.807) is 0 Å². The lowest BCUT2D eigenvalue weighted by molar-refractivity contribution is -0.121. The van der Waals surface area contributed by atoms with E-state index in [1.807, 2.05) is 0 Å². The van der Waals surface area contributed by atoms with Gasteiger partial charge in [-0.05, 0) is 64.8 Å². The Morgan fingerprint density at radius 1 is 1.04 bits per heavy atom. The first-order valence-corrected chi connectivity index (χ1v) is 9.93. The summed E-state index contributed by atoms with van der Waals surface area (Å²) in [6, 6.07) is 5.15. The van der Waals surface area contributed by atoms with Gasteiger partial charge < -0.3 is 15.0 Å². The Labute approximate surface area is 176 Å². The van der Waals surface area contributed by atoms with Crippen LogP contribution in [0.15, 0.2) is 12.1 Å². The first kappa shape index (κ1) is 22.7. The summed E-state index contributed by atoms with van der Waals surface area (Å²) in [4.78, 5) is 9.76. The van der Waals surface area contributed by atoms with Crippen molar-refractivity contribution in [3.63, 3.8) is 0 Å². The van der Waals surface area contributed by atoms with E-state index in [0.717, 1.165) is 44.2 Å². The maximum Gasteiger partial charge on any atom is 0.0721 e. The summed E-state index contributed by atoms with van der Waals surface area (Å²) in [5, 5.41) is 3.48. The van der Waals surface area contributed by atoms with Crippen LogP contribution in [0.1, 0.15) is 37.1 Å². The molecule has 4 heterocycles. The molecule has 1 atom stereocenters. The second-order valence-electron chi connectivity index (χ2n) is 8.06. The van der Waals surface area contributed by atoms with Crippen molar-refractivity contribution < 1.29 is 4.74 Å². The quantitative estimate of drug-likeness (QED) is 0.802. The molecule has 0 aromatic carbocycles. The number of rotatable bonds is 2. The number of hydrogen-bond donors (Lipinski definition) is 1. The Hall–Kier alpha value is -0.590. The molecule has 0 saturated carbocycles. The lowest BCUT2D eigenvalue weighted by Gasteiger charge is -2.48. The maximum absolute atomic E-state index is 6.26. The fraction of sp³-hybridized carbons (Fsp3) is 0.750. The van der Waals surface area contributed by atoms with Crippen LogP contribution >= 0.6 is 24.8 Å². The first-order valence-electron chi connectivity index (χ1n) is 9.93. The summed E-state index contributed by atoms with van der Waals surface area (Å²) in [6.45, 7) is 11.9. The third-order valence-electron chi connectivity index (χ3n) is 6.24. The van der Waals surface area contributed by atoms with Gasteiger partial charge in [0.05, 0.1) is 5.60 Å². The molecule has 5 nitrogen and oxygen atoms in total. The van der Waals surface area contributed by atoms with E-state index in [2.05, 4.69) is 46.1 Å². The smallest absolute Gasteiger partial charge is 0.0721 e. The number of anilines is 1. The van der Waals surface area contributed by atoms with Gasteiger partial charge in [-0.25, -0.2) is 0 Å². The second-order valence-corrected chi connectivity index (χ2v) is 8.06. The maximum atomic E-state index is 6.26. The lowest BCUT2D eigenvalue weighted by Crippen LogP contribution is -2.56. The van der Waals surface area contributed by atoms with Crippen molar-refractivity contribution in [3.05, 3.63) is 23.5 Å². The SMILES string of the molecule is Cc1cc(N2CCN(C3CCOC4(CCNCC4)C3)CC2)cc(C)n1.Cl.Cl. The van der Waals surface area contributed by atoms with Crippen molar-refractivity contribution >= 4 is 30.5 Å². The predicted molar refractivity (Wildman–Crippen MR) is 116 cm³/mol. The number of pyridine rings is 1. The van der Waals surface area contributed by atoms with Crippen molar-refractivity contribution in [1.29, 1.82) is 0 Å². The standard InChI is InChI=1S/C20H32N4O.2ClH/c1-16-13-19(14-17(2)22-16)24-10-8-23(9-11-24)18-3-12-25-20(15-18)4-6-21-7-5-20;;/h13-14,18,21H,3-12,15H2,1-2H3;2*1H. The normalized spacial score (nSPS) is 25.6. The van der Waals surface area contributed by atoms with Crippen molar-refractivity contribution in [2.24, 2.45) is 0 Å². The third kappa shape index (κ3) is 5.27. The summed E-state index contributed by atoms with van der Waals surface area (Å²) in [5.74, 6) is 0. The van der Waals surface area contributed by atoms with Gasteiger partial charge in [0, 0.05) is 55.9 Å². The first-order chi connectivity index (χ1) is 12.1. The van der Waals surface area contributed by atoms with Crippen LogP contribution in [0, 0.1) is 13.8 Å². The van der Waals surface area contributed by atoms with Crippen molar-refractivity contribution in [3.8, 4) is 0 Å². The summed E-state index contributed by atoms with van der Waals surface area (Å²) in [6.07, 6.45) is 4.78. The molecule has 1 N–H and O–H groups in total. The van der Waals surface area contributed by atoms with Crippen molar-refractivity contribution in [2.45, 2.75) is 51.2 Å². The Morgan fingerprint density at radius 2 is 1.67 bits per heavy atom. The number of hydrogen-bond acceptors (Lipinski definition) is 5. The van der Waals surface area contributed by atoms with Crippen LogP contribution in [-0.2, 0) is 4.74 Å². The molecule has 1 aromatic heterocycles. The number of nitrogens with zero attached hydrogens (tertiary/aromatic N) is 3. The van der Waals surface area contributed by atoms with Crippen molar-refractivity contribution in [1.82, 2.24) is 15.2 Å². The van der Waals surface area contributed by atoms with Crippen LogP contribution in [0.25, 0.3) is 0 Å². The zero-order valence-electron chi connectivity index (χ0n) is 16.6. The molecule has 3 saturated heterocycles. The van der Waals surface area contributed by atoms with Gasteiger partial charge in [-0.15, -0.1) is 24.8 Å². The topological polar surface area (TPSA) is 40.6 Å². The van der Waals surface area contributed by atoms with E-state index in [4.69, 9.17) is 4.74 Å². The molecule has 3 aliphatic heterocycles. The Bertz CT molecular complexity index is 576. The minimum atomic E-state index is 0. The largest absolute Gasteiger partial charge is 0.375 e. The molecule has 154 valence electrons. The molecule has 1 unspecified atom stereocenters. The zero-order chi connectivity index (χ0) is 17.3. The average molecular weight is 417 g/mol. The van der Waals surface area contributed by atoms with E-state index in [9.17, 15) is 0 Å². The molecule has 0 radical (unpaired) electrons. The highest BCUT2D eigenvalue weighted by Crippen LogP contribution is 2.35. The molecule has 0 aliphatic carbocycles. The van der Waals surface area contributed by atoms with Crippen molar-refractivity contribution in [2.75, 3.05) is 50.8 Å². The van der Waals surface area contributed by atoms with E-state index in [-0.39, 0.29) is 30.4 Å². The molecule has 1 aromatic rings. The number of aromatic nitrogens is 1. The third-order valence-corrected chi connectivity index (χ3v) is 6.24. The highest BCUT2D eigenvalue weighted by molar-refractivity contribution is 5.85. The van der Waals surface area contributed by atoms with Gasteiger partial charge in [0.15, 0.2) is 0 Å². The van der Waals surface area contributed by atoms with Crippen LogP contribution in [0.2, 0.25) is 0 Å². The van der Waals surface area contributed by atoms with E-state index < -0.39 is 0 Å². The van der Waals surface area contributed by atoms with E-state index in [0.29, 0.717) is 6.04 Å². The number of ether oxygens (including phenoxy) is 1. The van der Waals surface area contributed by atoms with Crippen LogP contribution in [-0.4, -0.2) is 67.4 Å². The van der Waals surface area contributed by atoms with E-state index >= 15 is 0 Å². The van der Waals surface area contributed by atoms with Gasteiger partial charge in [-0.3, -0.25) is 9.88 Å². The monoisotopic (exact) mass is 416 g/mol. The van der Waals surface area contributed by atoms with E-state index in [1.165, 1.54) is 44.5 Å². The molecule has 0 bridgehead atoms. The molecule has 3 fully saturated rings. The fourth-order valence-corrected chi connectivity index (χ4v) is 4.88. The molecule has 0 amide bonds. The predicted octanol–water partition coefficient (Wildman–Crippen LogP) is 2.97. The van der Waals surface area contributed by atoms with Crippen LogP contribution in [0.3, 0.4) is 0 Å². The second kappa shape index (κ2) is 9.75. The summed E-state index contributed by atoms with van der Waals surface area (Å²) >= 11 is 0. The zero-order valence-corrected chi connectivity index (χ0v) is 18.2. The fourth-order valence-electron chi connectivity index (χ4n) is 4.88. The molecule has 4 rings (SSSR count). The number of nitrogens with one attached hydrogen (secondary N) is 1. The number of piperidine rings is 1. The van der Waals surface area contributed by atoms with Gasteiger partial charge in [-0.1, -0.05) is 0 Å². The highest BCUT2D eigenvalue weighted by Gasteiger charge is 2.40.